The van der Waals surface area contributed by atoms with Gasteiger partial charge in [0.05, 0.1) is 0 Å². The van der Waals surface area contributed by atoms with E-state index in [4.69, 9.17) is 0 Å². The Morgan fingerprint density at radius 1 is 0.311 bits per heavy atom. The van der Waals surface area contributed by atoms with Gasteiger partial charge in [-0.15, -0.1) is 0 Å². The van der Waals surface area contributed by atoms with Crippen LogP contribution in [0.5, 0.6) is 0 Å². The normalized spacial score (nSPS) is 10.0. The predicted molar refractivity (Wildman–Crippen MR) is 203 cm³/mol. The summed E-state index contributed by atoms with van der Waals surface area (Å²) in [4.78, 5) is 0. The van der Waals surface area contributed by atoms with Crippen molar-refractivity contribution in [2.45, 2.75) is 102 Å². The van der Waals surface area contributed by atoms with E-state index in [1.165, 1.54) is 66.8 Å². The van der Waals surface area contributed by atoms with Crippen LogP contribution in [0.1, 0.15) is 87.5 Å². The zero-order valence-corrected chi connectivity index (χ0v) is 30.9. The van der Waals surface area contributed by atoms with Crippen molar-refractivity contribution >= 4 is 0 Å². The summed E-state index contributed by atoms with van der Waals surface area (Å²) in [6.07, 6.45) is 0. The molecule has 240 valence electrons. The number of rotatable bonds is 0. The molecule has 0 heterocycles. The molecule has 0 aliphatic carbocycles. The van der Waals surface area contributed by atoms with E-state index < -0.39 is 0 Å². The summed E-state index contributed by atoms with van der Waals surface area (Å²) < 4.78 is 0. The summed E-state index contributed by atoms with van der Waals surface area (Å²) in [5.74, 6) is 0. The van der Waals surface area contributed by atoms with Gasteiger partial charge in [0.15, 0.2) is 0 Å². The Morgan fingerprint density at radius 3 is 0.956 bits per heavy atom. The molecule has 5 aromatic rings. The van der Waals surface area contributed by atoms with Gasteiger partial charge in [0, 0.05) is 0 Å². The SMILES string of the molecule is Cc1cc(C)c(C)c(C)c1.Cc1ccc(C(C)(C)C)cc1.Cc1ccc(C)cc1.Cc1cccc(C)c1.Cc1ccccc1C. The Kier molecular flexibility index (Phi) is 16.9. The molecule has 0 amide bonds. The number of hydrogen-bond acceptors (Lipinski definition) is 0. The van der Waals surface area contributed by atoms with Gasteiger partial charge in [-0.3, -0.25) is 0 Å². The summed E-state index contributed by atoms with van der Waals surface area (Å²) >= 11 is 0. The van der Waals surface area contributed by atoms with Crippen LogP contribution >= 0.6 is 0 Å². The van der Waals surface area contributed by atoms with Gasteiger partial charge in [-0.25, -0.2) is 0 Å². The highest BCUT2D eigenvalue weighted by Gasteiger charge is 2.11. The maximum atomic E-state index is 2.23. The fourth-order valence-corrected chi connectivity index (χ4v) is 4.41. The second-order valence-electron chi connectivity index (χ2n) is 13.5. The Bertz CT molecular complexity index is 1460. The number of hydrogen-bond donors (Lipinski definition) is 0. The molecule has 0 bridgehead atoms. The minimum Gasteiger partial charge on any atom is -0.0620 e. The van der Waals surface area contributed by atoms with Crippen molar-refractivity contribution < 1.29 is 0 Å². The maximum absolute atomic E-state index is 2.23. The smallest absolute Gasteiger partial charge is 0.0132 e. The quantitative estimate of drug-likeness (QED) is 0.166. The van der Waals surface area contributed by atoms with E-state index in [0.717, 1.165) is 0 Å². The number of benzene rings is 5. The van der Waals surface area contributed by atoms with Crippen molar-refractivity contribution in [3.8, 4) is 0 Å². The molecule has 5 rings (SSSR count). The van der Waals surface area contributed by atoms with Gasteiger partial charge in [-0.2, -0.15) is 0 Å². The summed E-state index contributed by atoms with van der Waals surface area (Å²) in [5, 5.41) is 0. The predicted octanol–water partition coefficient (Wildman–Crippen LogP) is 13.1. The largest absolute Gasteiger partial charge is 0.0620 e. The van der Waals surface area contributed by atoms with Crippen LogP contribution in [0.15, 0.2) is 109 Å². The highest BCUT2D eigenvalue weighted by molar-refractivity contribution is 5.36. The fraction of sp³-hybridized carbons (Fsp3) is 0.333. The molecular weight excluding hydrogens is 540 g/mol. The van der Waals surface area contributed by atoms with Crippen molar-refractivity contribution in [1.29, 1.82) is 0 Å². The van der Waals surface area contributed by atoms with Gasteiger partial charge in [-0.1, -0.05) is 163 Å². The van der Waals surface area contributed by atoms with E-state index in [-0.39, 0.29) is 5.41 Å². The van der Waals surface area contributed by atoms with Crippen molar-refractivity contribution in [3.63, 3.8) is 0 Å². The van der Waals surface area contributed by atoms with Gasteiger partial charge in [0.1, 0.15) is 0 Å². The van der Waals surface area contributed by atoms with Crippen LogP contribution in [0, 0.1) is 76.2 Å². The minimum atomic E-state index is 0.285. The first-order valence-electron chi connectivity index (χ1n) is 16.2. The third-order valence-corrected chi connectivity index (χ3v) is 7.81. The molecule has 0 heteroatoms. The van der Waals surface area contributed by atoms with Crippen LogP contribution in [0.25, 0.3) is 0 Å². The van der Waals surface area contributed by atoms with Crippen molar-refractivity contribution in [3.05, 3.63) is 176 Å². The number of aryl methyl sites for hydroxylation is 10. The second-order valence-corrected chi connectivity index (χ2v) is 13.5. The van der Waals surface area contributed by atoms with E-state index >= 15 is 0 Å². The van der Waals surface area contributed by atoms with E-state index in [2.05, 4.69) is 206 Å². The van der Waals surface area contributed by atoms with Crippen LogP contribution in [-0.2, 0) is 5.41 Å². The molecule has 0 radical (unpaired) electrons. The third-order valence-electron chi connectivity index (χ3n) is 7.81. The lowest BCUT2D eigenvalue weighted by Gasteiger charge is -2.18. The maximum Gasteiger partial charge on any atom is -0.0132 e. The van der Waals surface area contributed by atoms with Crippen molar-refractivity contribution in [1.82, 2.24) is 0 Å². The molecule has 0 spiro atoms. The van der Waals surface area contributed by atoms with Crippen LogP contribution in [0.4, 0.5) is 0 Å². The lowest BCUT2D eigenvalue weighted by molar-refractivity contribution is 0.590. The standard InChI is InChI=1S/C11H16.C10H14.3C8H10/c1-9-5-7-10(8-6-9)11(2,3)4;1-7-5-8(2)10(4)9(3)6-7;1-7-3-5-8(2)6-4-7;1-7-4-3-5-8(2)6-7;1-7-5-3-4-6-8(7)2/h5-8H,1-4H3;5-6H,1-4H3;3*3-6H,1-2H3. The molecule has 0 fully saturated rings. The zero-order valence-electron chi connectivity index (χ0n) is 30.9. The first-order valence-corrected chi connectivity index (χ1v) is 16.2. The summed E-state index contributed by atoms with van der Waals surface area (Å²) in [5.41, 5.74) is 16.7. The molecular formula is C45H60. The third kappa shape index (κ3) is 16.7. The molecule has 0 N–H and O–H groups in total. The lowest BCUT2D eigenvalue weighted by Crippen LogP contribution is -2.10. The van der Waals surface area contributed by atoms with Crippen molar-refractivity contribution in [2.75, 3.05) is 0 Å². The molecule has 0 saturated carbocycles. The molecule has 0 unspecified atom stereocenters. The molecule has 0 aliphatic heterocycles. The van der Waals surface area contributed by atoms with Crippen LogP contribution in [0.3, 0.4) is 0 Å². The Balaban J connectivity index is 0.000000283. The van der Waals surface area contributed by atoms with Crippen molar-refractivity contribution in [2.24, 2.45) is 0 Å². The average molecular weight is 601 g/mol. The highest BCUT2D eigenvalue weighted by atomic mass is 14.2. The zero-order chi connectivity index (χ0) is 34.2. The highest BCUT2D eigenvalue weighted by Crippen LogP contribution is 2.21. The van der Waals surface area contributed by atoms with Crippen LogP contribution in [0.2, 0.25) is 0 Å². The monoisotopic (exact) mass is 600 g/mol. The van der Waals surface area contributed by atoms with Gasteiger partial charge >= 0.3 is 0 Å². The molecule has 0 saturated heterocycles. The first kappa shape index (κ1) is 39.1. The lowest BCUT2D eigenvalue weighted by atomic mass is 9.87. The minimum absolute atomic E-state index is 0.285. The fourth-order valence-electron chi connectivity index (χ4n) is 4.41. The topological polar surface area (TPSA) is 0 Å². The van der Waals surface area contributed by atoms with E-state index in [9.17, 15) is 0 Å². The van der Waals surface area contributed by atoms with Crippen LogP contribution in [-0.4, -0.2) is 0 Å². The molecule has 0 atom stereocenters. The Hall–Kier alpha value is -3.90. The Morgan fingerprint density at radius 2 is 0.667 bits per heavy atom. The van der Waals surface area contributed by atoms with E-state index in [1.807, 2.05) is 0 Å². The molecule has 0 nitrogen and oxygen atoms in total. The van der Waals surface area contributed by atoms with Crippen LogP contribution < -0.4 is 0 Å². The molecule has 5 aromatic carbocycles. The molecule has 45 heavy (non-hydrogen) atoms. The summed E-state index contributed by atoms with van der Waals surface area (Å²) in [6, 6.07) is 38.5. The van der Waals surface area contributed by atoms with Gasteiger partial charge < -0.3 is 0 Å². The van der Waals surface area contributed by atoms with Gasteiger partial charge in [0.25, 0.3) is 0 Å². The van der Waals surface area contributed by atoms with E-state index in [1.54, 1.807) is 0 Å². The summed E-state index contributed by atoms with van der Waals surface area (Å²) in [7, 11) is 0. The Labute approximate surface area is 277 Å². The van der Waals surface area contributed by atoms with Gasteiger partial charge in [0.2, 0.25) is 0 Å². The average Bonchev–Trinajstić information content (AvgIpc) is 2.96. The van der Waals surface area contributed by atoms with E-state index in [0.29, 0.717) is 0 Å². The molecule has 0 aliphatic rings. The second kappa shape index (κ2) is 19.5. The van der Waals surface area contributed by atoms with Gasteiger partial charge in [-0.05, 0) is 115 Å². The molecule has 0 aromatic heterocycles. The first-order chi connectivity index (χ1) is 21.0. The summed E-state index contributed by atoms with van der Waals surface area (Å²) in [6.45, 7) is 30.1.